The van der Waals surface area contributed by atoms with E-state index in [9.17, 15) is 31.2 Å². The zero-order valence-electron chi connectivity index (χ0n) is 18.9. The fourth-order valence-electron chi connectivity index (χ4n) is 4.35. The van der Waals surface area contributed by atoms with Crippen LogP contribution in [0.1, 0.15) is 43.1 Å². The van der Waals surface area contributed by atoms with E-state index in [4.69, 9.17) is 0 Å². The number of aromatic nitrogens is 1. The Balaban J connectivity index is 1.72. The summed E-state index contributed by atoms with van der Waals surface area (Å²) in [5.74, 6) is -3.34. The number of halogens is 4. The maximum Gasteiger partial charge on any atom is 0.573 e. The molecule has 2 aliphatic rings. The fraction of sp³-hybridized carbons (Fsp3) is 0.409. The molecule has 4 rings (SSSR count). The zero-order chi connectivity index (χ0) is 26.0. The van der Waals surface area contributed by atoms with Gasteiger partial charge >= 0.3 is 6.36 Å². The van der Waals surface area contributed by atoms with Gasteiger partial charge in [0.25, 0.3) is 5.91 Å². The van der Waals surface area contributed by atoms with Crippen molar-refractivity contribution < 1.29 is 40.3 Å². The van der Waals surface area contributed by atoms with Crippen LogP contribution >= 0.6 is 0 Å². The topological polar surface area (TPSA) is 106 Å². The Hall–Kier alpha value is -3.22. The number of alkyl halides is 3. The third kappa shape index (κ3) is 4.68. The van der Waals surface area contributed by atoms with Crippen LogP contribution in [-0.2, 0) is 20.0 Å². The van der Waals surface area contributed by atoms with E-state index in [0.717, 1.165) is 29.4 Å². The van der Waals surface area contributed by atoms with Gasteiger partial charge in [0.1, 0.15) is 11.6 Å². The maximum absolute atomic E-state index is 15.4. The van der Waals surface area contributed by atoms with E-state index in [0.29, 0.717) is 0 Å². The average molecular weight is 515 g/mol. The summed E-state index contributed by atoms with van der Waals surface area (Å²) in [5.41, 5.74) is -2.72. The summed E-state index contributed by atoms with van der Waals surface area (Å²) in [7, 11) is -3.30. The molecule has 0 unspecified atom stereocenters. The van der Waals surface area contributed by atoms with Gasteiger partial charge in [-0.15, -0.1) is 13.2 Å². The summed E-state index contributed by atoms with van der Waals surface area (Å²) in [6.45, 7) is 4.56. The quantitative estimate of drug-likeness (QED) is 0.626. The highest BCUT2D eigenvalue weighted by atomic mass is 32.2. The molecule has 0 spiro atoms. The van der Waals surface area contributed by atoms with Crippen molar-refractivity contribution in [2.75, 3.05) is 16.4 Å². The number of anilines is 2. The number of pyridine rings is 1. The molecule has 13 heteroatoms. The number of fused-ring (bicyclic) bond motifs is 1. The third-order valence-electron chi connectivity index (χ3n) is 6.07. The average Bonchev–Trinajstić information content (AvgIpc) is 3.10. The van der Waals surface area contributed by atoms with Crippen molar-refractivity contribution in [1.29, 1.82) is 0 Å². The molecule has 1 atom stereocenters. The van der Waals surface area contributed by atoms with Crippen LogP contribution in [0.4, 0.5) is 28.9 Å². The van der Waals surface area contributed by atoms with E-state index in [-0.39, 0.29) is 40.4 Å². The molecule has 2 aliphatic heterocycles. The molecule has 1 saturated heterocycles. The van der Waals surface area contributed by atoms with Gasteiger partial charge in [-0.2, -0.15) is 0 Å². The summed E-state index contributed by atoms with van der Waals surface area (Å²) in [6, 6.07) is 3.12. The number of ether oxygens (including phenoxy) is 1. The van der Waals surface area contributed by atoms with Crippen LogP contribution < -0.4 is 15.0 Å². The molecule has 0 saturated carbocycles. The Kier molecular flexibility index (Phi) is 5.62. The molecule has 0 bridgehead atoms. The van der Waals surface area contributed by atoms with Crippen LogP contribution in [-0.4, -0.2) is 48.6 Å². The zero-order valence-corrected chi connectivity index (χ0v) is 19.7. The Labute approximate surface area is 198 Å². The van der Waals surface area contributed by atoms with Gasteiger partial charge in [-0.25, -0.2) is 12.8 Å². The highest BCUT2D eigenvalue weighted by Gasteiger charge is 2.47. The first kappa shape index (κ1) is 24.9. The minimum Gasteiger partial charge on any atom is -0.404 e. The molecule has 0 aliphatic carbocycles. The number of carbonyl (C=O) groups is 2. The molecule has 188 valence electrons. The van der Waals surface area contributed by atoms with Gasteiger partial charge in [0.15, 0.2) is 9.84 Å². The van der Waals surface area contributed by atoms with Gasteiger partial charge in [0.05, 0.1) is 46.2 Å². The van der Waals surface area contributed by atoms with Crippen molar-refractivity contribution in [3.63, 3.8) is 0 Å². The van der Waals surface area contributed by atoms with Crippen LogP contribution in [0.2, 0.25) is 0 Å². The lowest BCUT2D eigenvalue weighted by molar-refractivity contribution is -0.274. The van der Waals surface area contributed by atoms with Crippen molar-refractivity contribution in [1.82, 2.24) is 10.3 Å². The molecule has 35 heavy (non-hydrogen) atoms. The first-order valence-corrected chi connectivity index (χ1v) is 12.3. The van der Waals surface area contributed by atoms with E-state index in [1.165, 1.54) is 19.9 Å². The van der Waals surface area contributed by atoms with E-state index in [1.807, 2.05) is 0 Å². The van der Waals surface area contributed by atoms with Gasteiger partial charge in [-0.05, 0) is 44.9 Å². The molecular weight excluding hydrogens is 494 g/mol. The lowest BCUT2D eigenvalue weighted by Gasteiger charge is -2.24. The van der Waals surface area contributed by atoms with Crippen molar-refractivity contribution in [2.45, 2.75) is 44.5 Å². The lowest BCUT2D eigenvalue weighted by Crippen LogP contribution is -2.47. The van der Waals surface area contributed by atoms with E-state index < -0.39 is 50.5 Å². The number of hydrogen-bond acceptors (Lipinski definition) is 6. The molecule has 1 aromatic heterocycles. The smallest absolute Gasteiger partial charge is 0.404 e. The van der Waals surface area contributed by atoms with Crippen molar-refractivity contribution >= 4 is 33.0 Å². The second kappa shape index (κ2) is 7.90. The van der Waals surface area contributed by atoms with Crippen LogP contribution in [0.15, 0.2) is 30.6 Å². The third-order valence-corrected chi connectivity index (χ3v) is 7.97. The fourth-order valence-corrected chi connectivity index (χ4v) is 6.44. The van der Waals surface area contributed by atoms with Crippen LogP contribution in [0.25, 0.3) is 0 Å². The second-order valence-corrected chi connectivity index (χ2v) is 11.6. The van der Waals surface area contributed by atoms with Gasteiger partial charge < -0.3 is 10.1 Å². The van der Waals surface area contributed by atoms with Crippen LogP contribution in [0.5, 0.6) is 5.75 Å². The van der Waals surface area contributed by atoms with E-state index in [2.05, 4.69) is 15.0 Å². The SMILES string of the molecule is CC1(C)C(=O)N(c2cncc(OC(F)(F)F)c2)c2c(F)cc(C(=O)N[C@@]3(C)CCS(=O)(=O)C3)cc21. The van der Waals surface area contributed by atoms with Crippen molar-refractivity contribution in [2.24, 2.45) is 0 Å². The summed E-state index contributed by atoms with van der Waals surface area (Å²) in [4.78, 5) is 30.7. The number of carbonyl (C=O) groups excluding carboxylic acids is 2. The Morgan fingerprint density at radius 1 is 1.17 bits per heavy atom. The van der Waals surface area contributed by atoms with E-state index >= 15 is 4.39 Å². The predicted octanol–water partition coefficient (Wildman–Crippen LogP) is 3.38. The normalized spacial score (nSPS) is 22.7. The molecule has 0 radical (unpaired) electrons. The molecule has 1 fully saturated rings. The Morgan fingerprint density at radius 3 is 2.46 bits per heavy atom. The Bertz CT molecular complexity index is 1340. The maximum atomic E-state index is 15.4. The van der Waals surface area contributed by atoms with Gasteiger partial charge in [0.2, 0.25) is 5.91 Å². The number of hydrogen-bond donors (Lipinski definition) is 1. The lowest BCUT2D eigenvalue weighted by atomic mass is 9.85. The van der Waals surface area contributed by atoms with E-state index in [1.54, 1.807) is 6.92 Å². The van der Waals surface area contributed by atoms with Crippen molar-refractivity contribution in [3.8, 4) is 5.75 Å². The standard InChI is InChI=1S/C22H21F4N3O5S/c1-20(2)15-6-12(18(30)28-21(3)4-5-35(32,33)11-21)7-16(23)17(15)29(19(20)31)13-8-14(10-27-9-13)34-22(24,25)26/h6-10H,4-5,11H2,1-3H3,(H,28,30)/t21-/m0/s1. The van der Waals surface area contributed by atoms with Crippen molar-refractivity contribution in [3.05, 3.63) is 47.5 Å². The van der Waals surface area contributed by atoms with Gasteiger partial charge in [-0.1, -0.05) is 0 Å². The van der Waals surface area contributed by atoms with Crippen LogP contribution in [0, 0.1) is 5.82 Å². The number of benzene rings is 1. The van der Waals surface area contributed by atoms with Gasteiger partial charge in [0, 0.05) is 11.6 Å². The number of nitrogens with one attached hydrogen (secondary N) is 1. The molecule has 2 amide bonds. The number of sulfone groups is 1. The minimum atomic E-state index is -4.99. The number of nitrogens with zero attached hydrogens (tertiary/aromatic N) is 2. The summed E-state index contributed by atoms with van der Waals surface area (Å²) < 4.78 is 80.8. The Morgan fingerprint density at radius 2 is 1.86 bits per heavy atom. The summed E-state index contributed by atoms with van der Waals surface area (Å²) >= 11 is 0. The molecule has 2 aromatic rings. The molecule has 1 aromatic carbocycles. The summed E-state index contributed by atoms with van der Waals surface area (Å²) in [5, 5.41) is 2.64. The second-order valence-electron chi connectivity index (χ2n) is 9.40. The minimum absolute atomic E-state index is 0.0794. The first-order valence-electron chi connectivity index (χ1n) is 10.4. The monoisotopic (exact) mass is 515 g/mol. The molecule has 1 N–H and O–H groups in total. The summed E-state index contributed by atoms with van der Waals surface area (Å²) in [6.07, 6.45) is -2.89. The predicted molar refractivity (Wildman–Crippen MR) is 117 cm³/mol. The molecule has 3 heterocycles. The highest BCUT2D eigenvalue weighted by molar-refractivity contribution is 7.91. The molecular formula is C22H21F4N3O5S. The largest absolute Gasteiger partial charge is 0.573 e. The molecule has 8 nitrogen and oxygen atoms in total. The van der Waals surface area contributed by atoms with Crippen LogP contribution in [0.3, 0.4) is 0 Å². The highest BCUT2D eigenvalue weighted by Crippen LogP contribution is 2.47. The number of amides is 2. The first-order chi connectivity index (χ1) is 16.0. The van der Waals surface area contributed by atoms with Gasteiger partial charge in [-0.3, -0.25) is 19.5 Å². The number of rotatable bonds is 4.